The van der Waals surface area contributed by atoms with Crippen molar-refractivity contribution in [1.82, 2.24) is 14.9 Å². The number of aliphatic carboxylic acids is 1. The monoisotopic (exact) mass is 515 g/mol. The van der Waals surface area contributed by atoms with Crippen LogP contribution in [0.5, 0.6) is 0 Å². The van der Waals surface area contributed by atoms with Crippen molar-refractivity contribution in [2.45, 2.75) is 70.4 Å². The van der Waals surface area contributed by atoms with E-state index in [1.165, 1.54) is 32.1 Å². The number of unbranched alkanes of at least 4 members (excludes halogenated alkanes) is 5. The number of nitrogens with zero attached hydrogens (tertiary/aromatic N) is 2. The van der Waals surface area contributed by atoms with Gasteiger partial charge in [-0.2, -0.15) is 0 Å². The number of aromatic nitrogens is 2. The Morgan fingerprint density at radius 3 is 2.39 bits per heavy atom. The Morgan fingerprint density at radius 1 is 1.03 bits per heavy atom. The van der Waals surface area contributed by atoms with Crippen LogP contribution in [-0.2, 0) is 22.5 Å². The van der Waals surface area contributed by atoms with E-state index in [1.54, 1.807) is 12.5 Å². The molecule has 0 saturated heterocycles. The van der Waals surface area contributed by atoms with Gasteiger partial charge in [-0.25, -0.2) is 14.6 Å². The third-order valence-corrected chi connectivity index (χ3v) is 7.09. The first kappa shape index (κ1) is 27.2. The summed E-state index contributed by atoms with van der Waals surface area (Å²) in [7, 11) is 0. The average Bonchev–Trinajstić information content (AvgIpc) is 3.50. The quantitative estimate of drug-likeness (QED) is 0.193. The normalized spacial score (nSPS) is 13.3. The molecule has 1 heterocycles. The number of hydrogen-bond donors (Lipinski definition) is 2. The number of ether oxygens (including phenoxy) is 1. The van der Waals surface area contributed by atoms with Crippen molar-refractivity contribution in [3.63, 3.8) is 0 Å². The van der Waals surface area contributed by atoms with Gasteiger partial charge in [-0.1, -0.05) is 93.3 Å². The molecular weight excluding hydrogens is 478 g/mol. The molecule has 1 amide bonds. The highest BCUT2D eigenvalue weighted by molar-refractivity contribution is 5.81. The molecule has 200 valence electrons. The van der Waals surface area contributed by atoms with Crippen LogP contribution in [-0.4, -0.2) is 39.4 Å². The molecule has 0 fully saturated rings. The van der Waals surface area contributed by atoms with Gasteiger partial charge in [0.05, 0.1) is 6.33 Å². The van der Waals surface area contributed by atoms with E-state index in [-0.39, 0.29) is 18.9 Å². The van der Waals surface area contributed by atoms with Crippen molar-refractivity contribution < 1.29 is 19.4 Å². The second-order valence-electron chi connectivity index (χ2n) is 9.78. The molecule has 2 N–H and O–H groups in total. The maximum atomic E-state index is 12.7. The van der Waals surface area contributed by atoms with E-state index < -0.39 is 18.1 Å². The number of carbonyl (C=O) groups excluding carboxylic acids is 1. The summed E-state index contributed by atoms with van der Waals surface area (Å²) >= 11 is 0. The summed E-state index contributed by atoms with van der Waals surface area (Å²) in [6, 6.07) is 15.1. The Bertz CT molecular complexity index is 1200. The van der Waals surface area contributed by atoms with E-state index >= 15 is 0 Å². The first-order chi connectivity index (χ1) is 18.6. The van der Waals surface area contributed by atoms with E-state index in [4.69, 9.17) is 4.74 Å². The molecule has 3 aromatic rings. The summed E-state index contributed by atoms with van der Waals surface area (Å²) in [6.07, 6.45) is 14.2. The minimum atomic E-state index is -1.12. The number of imidazole rings is 1. The Balaban J connectivity index is 1.30. The van der Waals surface area contributed by atoms with Crippen molar-refractivity contribution in [2.75, 3.05) is 6.61 Å². The van der Waals surface area contributed by atoms with Crippen LogP contribution >= 0.6 is 0 Å². The van der Waals surface area contributed by atoms with Gasteiger partial charge in [-0.15, -0.1) is 0 Å². The fourth-order valence-corrected chi connectivity index (χ4v) is 5.05. The molecule has 1 aliphatic carbocycles. The predicted molar refractivity (Wildman–Crippen MR) is 148 cm³/mol. The predicted octanol–water partition coefficient (Wildman–Crippen LogP) is 6.33. The molecular formula is C31H37N3O4. The maximum Gasteiger partial charge on any atom is 0.407 e. The van der Waals surface area contributed by atoms with E-state index in [1.807, 2.05) is 41.0 Å². The Kier molecular flexibility index (Phi) is 9.73. The maximum absolute atomic E-state index is 12.7. The number of amides is 1. The topological polar surface area (TPSA) is 93.5 Å². The largest absolute Gasteiger partial charge is 0.480 e. The van der Waals surface area contributed by atoms with Gasteiger partial charge in [0.2, 0.25) is 0 Å². The Morgan fingerprint density at radius 2 is 1.71 bits per heavy atom. The molecule has 0 bridgehead atoms. The molecule has 1 atom stereocenters. The molecule has 0 saturated carbocycles. The van der Waals surface area contributed by atoms with Gasteiger partial charge in [0, 0.05) is 30.8 Å². The number of carbonyl (C=O) groups is 2. The van der Waals surface area contributed by atoms with Crippen molar-refractivity contribution in [3.8, 4) is 11.1 Å². The molecule has 0 spiro atoms. The molecule has 1 aromatic heterocycles. The van der Waals surface area contributed by atoms with Gasteiger partial charge in [0.1, 0.15) is 12.6 Å². The smallest absolute Gasteiger partial charge is 0.407 e. The minimum Gasteiger partial charge on any atom is -0.480 e. The van der Waals surface area contributed by atoms with Gasteiger partial charge in [-0.3, -0.25) is 0 Å². The molecule has 1 aliphatic rings. The standard InChI is InChI=1S/C31H37N3O4/c1-2-3-4-5-6-7-8-13-18-34-22-32-20-23(34)19-29(30(35)36)33-31(37)38-21-28-26-16-11-9-14-24(26)25-15-10-12-17-27(25)28/h8-17,20,22,28-29H,2-7,18-19,21H2,1H3,(H,33,37)(H,35,36)/b13-8+/t29-/m0/s1. The second kappa shape index (κ2) is 13.6. The zero-order valence-corrected chi connectivity index (χ0v) is 22.0. The Labute approximate surface area is 224 Å². The van der Waals surface area contributed by atoms with Crippen molar-refractivity contribution in [1.29, 1.82) is 0 Å². The van der Waals surface area contributed by atoms with Crippen LogP contribution < -0.4 is 5.32 Å². The fourth-order valence-electron chi connectivity index (χ4n) is 5.05. The van der Waals surface area contributed by atoms with Crippen LogP contribution in [0.2, 0.25) is 0 Å². The number of rotatable bonds is 14. The highest BCUT2D eigenvalue weighted by Gasteiger charge is 2.30. The minimum absolute atomic E-state index is 0.0868. The summed E-state index contributed by atoms with van der Waals surface area (Å²) < 4.78 is 7.46. The highest BCUT2D eigenvalue weighted by Crippen LogP contribution is 2.44. The third kappa shape index (κ3) is 6.91. The first-order valence-corrected chi connectivity index (χ1v) is 13.6. The second-order valence-corrected chi connectivity index (χ2v) is 9.78. The number of benzene rings is 2. The number of alkyl carbamates (subject to hydrolysis) is 1. The zero-order valence-electron chi connectivity index (χ0n) is 22.0. The molecule has 0 unspecified atom stereocenters. The van der Waals surface area contributed by atoms with Crippen molar-refractivity contribution >= 4 is 12.1 Å². The third-order valence-electron chi connectivity index (χ3n) is 7.09. The molecule has 0 radical (unpaired) electrons. The van der Waals surface area contributed by atoms with E-state index in [9.17, 15) is 14.7 Å². The number of nitrogens with one attached hydrogen (secondary N) is 1. The SMILES string of the molecule is CCCCCCC/C=C/Cn1cncc1C[C@H](NC(=O)OCC1c2ccccc2-c2ccccc21)C(=O)O. The molecule has 4 rings (SSSR count). The molecule has 0 aliphatic heterocycles. The van der Waals surface area contributed by atoms with E-state index in [2.05, 4.69) is 41.5 Å². The molecule has 7 nitrogen and oxygen atoms in total. The van der Waals surface area contributed by atoms with Crippen molar-refractivity contribution in [3.05, 3.63) is 90.0 Å². The van der Waals surface area contributed by atoms with E-state index in [0.717, 1.165) is 34.4 Å². The lowest BCUT2D eigenvalue weighted by molar-refractivity contribution is -0.139. The van der Waals surface area contributed by atoms with Crippen LogP contribution in [0.15, 0.2) is 73.2 Å². The summed E-state index contributed by atoms with van der Waals surface area (Å²) in [4.78, 5) is 28.8. The van der Waals surface area contributed by atoms with Crippen LogP contribution in [0.3, 0.4) is 0 Å². The van der Waals surface area contributed by atoms with Gasteiger partial charge < -0.3 is 19.7 Å². The van der Waals surface area contributed by atoms with Gasteiger partial charge >= 0.3 is 12.1 Å². The first-order valence-electron chi connectivity index (χ1n) is 13.6. The number of carboxylic acids is 1. The van der Waals surface area contributed by atoms with Crippen LogP contribution in [0.1, 0.15) is 68.2 Å². The number of allylic oxidation sites excluding steroid dienone is 2. The fraction of sp³-hybridized carbons (Fsp3) is 0.387. The zero-order chi connectivity index (χ0) is 26.7. The van der Waals surface area contributed by atoms with Crippen LogP contribution in [0.25, 0.3) is 11.1 Å². The number of carboxylic acid groups (broad SMARTS) is 1. The van der Waals surface area contributed by atoms with Crippen LogP contribution in [0, 0.1) is 0 Å². The Hall–Kier alpha value is -3.87. The molecule has 38 heavy (non-hydrogen) atoms. The summed E-state index contributed by atoms with van der Waals surface area (Å²) in [5.41, 5.74) is 5.23. The number of fused-ring (bicyclic) bond motifs is 3. The van der Waals surface area contributed by atoms with E-state index in [0.29, 0.717) is 6.54 Å². The molecule has 2 aromatic carbocycles. The summed E-state index contributed by atoms with van der Waals surface area (Å²) in [5, 5.41) is 12.3. The highest BCUT2D eigenvalue weighted by atomic mass is 16.5. The van der Waals surface area contributed by atoms with Crippen LogP contribution in [0.4, 0.5) is 4.79 Å². The lowest BCUT2D eigenvalue weighted by Gasteiger charge is -2.18. The van der Waals surface area contributed by atoms with Gasteiger partial charge in [0.25, 0.3) is 0 Å². The lowest BCUT2D eigenvalue weighted by Crippen LogP contribution is -2.43. The van der Waals surface area contributed by atoms with Gasteiger partial charge in [-0.05, 0) is 35.1 Å². The van der Waals surface area contributed by atoms with Gasteiger partial charge in [0.15, 0.2) is 0 Å². The summed E-state index contributed by atoms with van der Waals surface area (Å²) in [6.45, 7) is 2.96. The average molecular weight is 516 g/mol. The van der Waals surface area contributed by atoms with Crippen molar-refractivity contribution in [2.24, 2.45) is 0 Å². The lowest BCUT2D eigenvalue weighted by atomic mass is 9.98. The number of hydrogen-bond acceptors (Lipinski definition) is 4. The summed E-state index contributed by atoms with van der Waals surface area (Å²) in [5.74, 6) is -1.20. The molecule has 7 heteroatoms.